The van der Waals surface area contributed by atoms with Gasteiger partial charge in [0.15, 0.2) is 5.78 Å². The summed E-state index contributed by atoms with van der Waals surface area (Å²) in [4.78, 5) is 28.5. The second kappa shape index (κ2) is 3.82. The van der Waals surface area contributed by atoms with E-state index in [9.17, 15) is 9.59 Å². The van der Waals surface area contributed by atoms with E-state index in [1.54, 1.807) is 0 Å². The summed E-state index contributed by atoms with van der Waals surface area (Å²) in [5, 5.41) is 3.07. The van der Waals surface area contributed by atoms with Crippen molar-refractivity contribution in [3.63, 3.8) is 0 Å². The van der Waals surface area contributed by atoms with Gasteiger partial charge in [0.1, 0.15) is 5.82 Å². The molecule has 15 heavy (non-hydrogen) atoms. The van der Waals surface area contributed by atoms with Crippen LogP contribution in [0.2, 0.25) is 0 Å². The van der Waals surface area contributed by atoms with E-state index >= 15 is 0 Å². The average molecular weight is 208 g/mol. The van der Waals surface area contributed by atoms with Gasteiger partial charge in [-0.1, -0.05) is 0 Å². The molecular weight excluding hydrogens is 196 g/mol. The van der Waals surface area contributed by atoms with Crippen LogP contribution < -0.4 is 16.7 Å². The van der Waals surface area contributed by atoms with E-state index in [-0.39, 0.29) is 23.2 Å². The molecule has 6 heteroatoms. The van der Waals surface area contributed by atoms with Crippen molar-refractivity contribution < 1.29 is 4.79 Å². The molecule has 0 unspecified atom stereocenters. The molecular formula is C9H12N4O2. The van der Waals surface area contributed by atoms with Gasteiger partial charge in [0.25, 0.3) is 0 Å². The molecule has 80 valence electrons. The van der Waals surface area contributed by atoms with E-state index in [0.717, 1.165) is 19.4 Å². The predicted molar refractivity (Wildman–Crippen MR) is 54.6 cm³/mol. The third kappa shape index (κ3) is 1.89. The number of aromatic amines is 1. The summed E-state index contributed by atoms with van der Waals surface area (Å²) < 4.78 is 0. The van der Waals surface area contributed by atoms with Crippen LogP contribution in [0.15, 0.2) is 11.0 Å². The van der Waals surface area contributed by atoms with Gasteiger partial charge in [-0.25, -0.2) is 9.78 Å². The maximum atomic E-state index is 11.9. The van der Waals surface area contributed by atoms with Crippen LogP contribution in [0, 0.1) is 0 Å². The van der Waals surface area contributed by atoms with Crippen LogP contribution in [0.3, 0.4) is 0 Å². The number of anilines is 1. The molecule has 2 heterocycles. The van der Waals surface area contributed by atoms with Gasteiger partial charge in [-0.2, -0.15) is 0 Å². The molecule has 2 rings (SSSR count). The third-order valence-corrected chi connectivity index (χ3v) is 2.48. The van der Waals surface area contributed by atoms with E-state index < -0.39 is 5.69 Å². The highest BCUT2D eigenvalue weighted by atomic mass is 16.1. The molecule has 1 aromatic heterocycles. The second-order valence-electron chi connectivity index (χ2n) is 3.53. The first-order valence-electron chi connectivity index (χ1n) is 4.81. The van der Waals surface area contributed by atoms with E-state index in [0.29, 0.717) is 0 Å². The van der Waals surface area contributed by atoms with Gasteiger partial charge in [0, 0.05) is 6.20 Å². The fourth-order valence-electron chi connectivity index (χ4n) is 1.70. The monoisotopic (exact) mass is 208 g/mol. The Morgan fingerprint density at radius 3 is 3.00 bits per heavy atom. The predicted octanol–water partition coefficient (Wildman–Crippen LogP) is -0.713. The first kappa shape index (κ1) is 9.85. The Balaban J connectivity index is 2.28. The Labute approximate surface area is 85.9 Å². The zero-order chi connectivity index (χ0) is 10.8. The van der Waals surface area contributed by atoms with E-state index in [1.165, 1.54) is 6.20 Å². The van der Waals surface area contributed by atoms with Crippen molar-refractivity contribution in [2.75, 3.05) is 12.3 Å². The number of nitrogens with zero attached hydrogens (tertiary/aromatic N) is 1. The number of rotatable bonds is 2. The topological polar surface area (TPSA) is 101 Å². The lowest BCUT2D eigenvalue weighted by atomic mass is 10.1. The van der Waals surface area contributed by atoms with Crippen molar-refractivity contribution in [1.29, 1.82) is 0 Å². The summed E-state index contributed by atoms with van der Waals surface area (Å²) in [6.07, 6.45) is 3.01. The number of nitrogen functional groups attached to an aromatic ring is 1. The number of aromatic nitrogens is 2. The summed E-state index contributed by atoms with van der Waals surface area (Å²) in [5.41, 5.74) is 5.29. The molecule has 0 amide bonds. The number of ketones is 1. The molecule has 1 aromatic rings. The van der Waals surface area contributed by atoms with Crippen LogP contribution in [0.25, 0.3) is 0 Å². The zero-order valence-electron chi connectivity index (χ0n) is 8.12. The number of hydrogen-bond donors (Lipinski definition) is 3. The van der Waals surface area contributed by atoms with Crippen molar-refractivity contribution >= 4 is 11.6 Å². The summed E-state index contributed by atoms with van der Waals surface area (Å²) in [5.74, 6) is -0.0116. The van der Waals surface area contributed by atoms with Crippen LogP contribution in [0.5, 0.6) is 0 Å². The number of carbonyl (C=O) groups excluding carboxylic acids is 1. The Bertz CT molecular complexity index is 434. The van der Waals surface area contributed by atoms with Gasteiger partial charge in [-0.05, 0) is 19.4 Å². The largest absolute Gasteiger partial charge is 0.384 e. The fourth-order valence-corrected chi connectivity index (χ4v) is 1.70. The molecule has 1 saturated heterocycles. The van der Waals surface area contributed by atoms with E-state index in [2.05, 4.69) is 15.3 Å². The second-order valence-corrected chi connectivity index (χ2v) is 3.53. The number of nitrogens with two attached hydrogens (primary N) is 1. The summed E-state index contributed by atoms with van der Waals surface area (Å²) in [7, 11) is 0. The minimum absolute atomic E-state index is 0.0914. The Kier molecular flexibility index (Phi) is 2.51. The molecule has 0 aromatic carbocycles. The zero-order valence-corrected chi connectivity index (χ0v) is 8.12. The third-order valence-electron chi connectivity index (χ3n) is 2.48. The Morgan fingerprint density at radius 2 is 2.40 bits per heavy atom. The summed E-state index contributed by atoms with van der Waals surface area (Å²) >= 11 is 0. The summed E-state index contributed by atoms with van der Waals surface area (Å²) in [6, 6.07) is -0.194. The molecule has 1 aliphatic heterocycles. The first-order chi connectivity index (χ1) is 7.18. The van der Waals surface area contributed by atoms with Crippen molar-refractivity contribution in [2.45, 2.75) is 18.9 Å². The smallest absolute Gasteiger partial charge is 0.346 e. The van der Waals surface area contributed by atoms with Crippen molar-refractivity contribution in [3.05, 3.63) is 22.2 Å². The van der Waals surface area contributed by atoms with E-state index in [4.69, 9.17) is 5.73 Å². The summed E-state index contributed by atoms with van der Waals surface area (Å²) in [6.45, 7) is 0.840. The van der Waals surface area contributed by atoms with Gasteiger partial charge in [-0.15, -0.1) is 0 Å². The number of H-pyrrole nitrogens is 1. The lowest BCUT2D eigenvalue weighted by Gasteiger charge is -2.09. The van der Waals surface area contributed by atoms with Gasteiger partial charge in [0.05, 0.1) is 11.6 Å². The minimum atomic E-state index is -0.538. The van der Waals surface area contributed by atoms with Crippen molar-refractivity contribution in [1.82, 2.24) is 15.3 Å². The maximum Gasteiger partial charge on any atom is 0.346 e. The quantitative estimate of drug-likeness (QED) is 0.557. The van der Waals surface area contributed by atoms with Gasteiger partial charge in [-0.3, -0.25) is 9.78 Å². The SMILES string of the molecule is Nc1[nH]c(=O)ncc1C(=O)[C@@H]1CCCN1. The fraction of sp³-hybridized carbons (Fsp3) is 0.444. The first-order valence-corrected chi connectivity index (χ1v) is 4.81. The molecule has 1 atom stereocenters. The molecule has 0 radical (unpaired) electrons. The number of hydrogen-bond acceptors (Lipinski definition) is 5. The highest BCUT2D eigenvalue weighted by molar-refractivity contribution is 6.03. The van der Waals surface area contributed by atoms with Crippen LogP contribution >= 0.6 is 0 Å². The molecule has 0 spiro atoms. The minimum Gasteiger partial charge on any atom is -0.384 e. The van der Waals surface area contributed by atoms with Crippen LogP contribution in [0.1, 0.15) is 23.2 Å². The van der Waals surface area contributed by atoms with Crippen molar-refractivity contribution in [3.8, 4) is 0 Å². The molecule has 4 N–H and O–H groups in total. The van der Waals surface area contributed by atoms with Crippen molar-refractivity contribution in [2.24, 2.45) is 0 Å². The van der Waals surface area contributed by atoms with Gasteiger partial charge in [0.2, 0.25) is 0 Å². The molecule has 1 fully saturated rings. The Morgan fingerprint density at radius 1 is 1.60 bits per heavy atom. The molecule has 0 saturated carbocycles. The van der Waals surface area contributed by atoms with Crippen LogP contribution in [-0.2, 0) is 0 Å². The van der Waals surface area contributed by atoms with E-state index in [1.807, 2.05) is 0 Å². The van der Waals surface area contributed by atoms with Gasteiger partial charge >= 0.3 is 5.69 Å². The highest BCUT2D eigenvalue weighted by Gasteiger charge is 2.25. The molecule has 0 aliphatic carbocycles. The highest BCUT2D eigenvalue weighted by Crippen LogP contribution is 2.13. The van der Waals surface area contributed by atoms with Crippen LogP contribution in [0.4, 0.5) is 5.82 Å². The lowest BCUT2D eigenvalue weighted by Crippen LogP contribution is -2.32. The molecule has 1 aliphatic rings. The normalized spacial score (nSPS) is 20.4. The average Bonchev–Trinajstić information content (AvgIpc) is 2.69. The number of carbonyl (C=O) groups is 1. The van der Waals surface area contributed by atoms with Crippen LogP contribution in [-0.4, -0.2) is 28.3 Å². The number of nitrogens with one attached hydrogen (secondary N) is 2. The molecule has 6 nitrogen and oxygen atoms in total. The Hall–Kier alpha value is -1.69. The maximum absolute atomic E-state index is 11.9. The van der Waals surface area contributed by atoms with Gasteiger partial charge < -0.3 is 11.1 Å². The lowest BCUT2D eigenvalue weighted by molar-refractivity contribution is 0.0952. The number of Topliss-reactive ketones (excluding diaryl/α,β-unsaturated/α-hetero) is 1. The standard InChI is InChI=1S/C9H12N4O2/c10-8-5(4-12-9(15)13-8)7(14)6-2-1-3-11-6/h4,6,11H,1-3H2,(H3,10,12,13,15)/t6-/m0/s1. The molecule has 0 bridgehead atoms.